The van der Waals surface area contributed by atoms with Crippen molar-refractivity contribution in [3.63, 3.8) is 0 Å². The van der Waals surface area contributed by atoms with Crippen molar-refractivity contribution in [1.29, 1.82) is 0 Å². The summed E-state index contributed by atoms with van der Waals surface area (Å²) < 4.78 is 5.64. The molecule has 0 fully saturated rings. The third-order valence-electron chi connectivity index (χ3n) is 2.30. The third-order valence-corrected chi connectivity index (χ3v) is 3.45. The first-order valence-corrected chi connectivity index (χ1v) is 6.19. The Balaban J connectivity index is 1.81. The van der Waals surface area contributed by atoms with Crippen LogP contribution in [0.4, 0.5) is 0 Å². The number of hydrogen-bond donors (Lipinski definition) is 0. The van der Waals surface area contributed by atoms with E-state index >= 15 is 0 Å². The van der Waals surface area contributed by atoms with Gasteiger partial charge in [0.1, 0.15) is 6.10 Å². The Bertz CT molecular complexity index is 337. The lowest BCUT2D eigenvalue weighted by Gasteiger charge is -2.21. The minimum Gasteiger partial charge on any atom is -0.477 e. The van der Waals surface area contributed by atoms with Gasteiger partial charge in [-0.05, 0) is 12.1 Å². The van der Waals surface area contributed by atoms with Gasteiger partial charge in [0.25, 0.3) is 0 Å². The van der Waals surface area contributed by atoms with Crippen molar-refractivity contribution in [2.45, 2.75) is 24.3 Å². The number of aliphatic imine (C=N–C) groups is 1. The molecule has 2 rings (SSSR count). The summed E-state index contributed by atoms with van der Waals surface area (Å²) in [4.78, 5) is 5.53. The van der Waals surface area contributed by atoms with Crippen LogP contribution in [-0.2, 0) is 4.74 Å². The molecule has 0 radical (unpaired) electrons. The van der Waals surface area contributed by atoms with Crippen LogP contribution >= 0.6 is 11.8 Å². The average molecular weight is 221 g/mol. The molecular formula is C12H15NOS. The number of rotatable bonds is 3. The van der Waals surface area contributed by atoms with Crippen LogP contribution in [0.2, 0.25) is 0 Å². The van der Waals surface area contributed by atoms with Gasteiger partial charge >= 0.3 is 0 Å². The fraction of sp³-hybridized carbons (Fsp3) is 0.417. The van der Waals surface area contributed by atoms with E-state index in [9.17, 15) is 0 Å². The molecule has 0 saturated carbocycles. The molecule has 1 aliphatic rings. The molecule has 1 heterocycles. The van der Waals surface area contributed by atoms with E-state index in [1.807, 2.05) is 24.8 Å². The normalized spacial score (nSPS) is 20.6. The predicted octanol–water partition coefficient (Wildman–Crippen LogP) is 2.99. The van der Waals surface area contributed by atoms with Crippen LogP contribution in [0.3, 0.4) is 0 Å². The van der Waals surface area contributed by atoms with Gasteiger partial charge in [-0.25, -0.2) is 0 Å². The van der Waals surface area contributed by atoms with Crippen molar-refractivity contribution in [1.82, 2.24) is 0 Å². The Hall–Kier alpha value is -0.960. The van der Waals surface area contributed by atoms with Crippen molar-refractivity contribution < 1.29 is 4.74 Å². The number of thioether (sulfide) groups is 1. The maximum absolute atomic E-state index is 5.64. The lowest BCUT2D eigenvalue weighted by Crippen LogP contribution is -2.24. The molecule has 1 aromatic rings. The first-order chi connectivity index (χ1) is 7.34. The minimum atomic E-state index is 0.327. The lowest BCUT2D eigenvalue weighted by atomic mass is 10.2. The zero-order valence-electron chi connectivity index (χ0n) is 8.85. The van der Waals surface area contributed by atoms with Gasteiger partial charge in [-0.15, -0.1) is 11.8 Å². The fourth-order valence-corrected chi connectivity index (χ4v) is 2.49. The second-order valence-corrected chi connectivity index (χ2v) is 4.65. The van der Waals surface area contributed by atoms with Gasteiger partial charge < -0.3 is 4.74 Å². The molecule has 0 bridgehead atoms. The molecule has 1 unspecified atom stereocenters. The van der Waals surface area contributed by atoms with Crippen LogP contribution in [0.25, 0.3) is 0 Å². The quantitative estimate of drug-likeness (QED) is 0.732. The highest BCUT2D eigenvalue weighted by Crippen LogP contribution is 2.21. The number of benzene rings is 1. The molecule has 80 valence electrons. The summed E-state index contributed by atoms with van der Waals surface area (Å²) in [6, 6.07) is 10.4. The maximum atomic E-state index is 5.64. The monoisotopic (exact) mass is 221 g/mol. The molecule has 0 saturated heterocycles. The molecule has 2 nitrogen and oxygen atoms in total. The molecule has 0 spiro atoms. The van der Waals surface area contributed by atoms with Crippen LogP contribution < -0.4 is 0 Å². The van der Waals surface area contributed by atoms with Crippen molar-refractivity contribution in [3.05, 3.63) is 30.3 Å². The Labute approximate surface area is 94.7 Å². The SMILES string of the molecule is CC1=NCCC(CSc2ccccc2)O1. The second-order valence-electron chi connectivity index (χ2n) is 3.55. The van der Waals surface area contributed by atoms with Crippen LogP contribution in [0.15, 0.2) is 40.2 Å². The molecule has 3 heteroatoms. The first kappa shape index (κ1) is 10.6. The van der Waals surface area contributed by atoms with Crippen molar-refractivity contribution in [3.8, 4) is 0 Å². The van der Waals surface area contributed by atoms with Gasteiger partial charge in [0, 0.05) is 30.5 Å². The topological polar surface area (TPSA) is 21.6 Å². The molecule has 15 heavy (non-hydrogen) atoms. The summed E-state index contributed by atoms with van der Waals surface area (Å²) in [6.07, 6.45) is 1.37. The van der Waals surface area contributed by atoms with E-state index in [0.717, 1.165) is 24.6 Å². The highest BCUT2D eigenvalue weighted by atomic mass is 32.2. The van der Waals surface area contributed by atoms with E-state index in [0.29, 0.717) is 6.10 Å². The third kappa shape index (κ3) is 3.27. The Morgan fingerprint density at radius 2 is 2.20 bits per heavy atom. The highest BCUT2D eigenvalue weighted by Gasteiger charge is 2.14. The second kappa shape index (κ2) is 5.21. The van der Waals surface area contributed by atoms with Crippen LogP contribution in [0.1, 0.15) is 13.3 Å². The molecule has 0 N–H and O–H groups in total. The predicted molar refractivity (Wildman–Crippen MR) is 64.6 cm³/mol. The largest absolute Gasteiger partial charge is 0.477 e. The summed E-state index contributed by atoms with van der Waals surface area (Å²) >= 11 is 1.85. The number of hydrogen-bond acceptors (Lipinski definition) is 3. The van der Waals surface area contributed by atoms with E-state index in [2.05, 4.69) is 29.3 Å². The van der Waals surface area contributed by atoms with Gasteiger partial charge in [0.05, 0.1) is 0 Å². The molecule has 0 aliphatic carbocycles. The maximum Gasteiger partial charge on any atom is 0.180 e. The number of nitrogens with zero attached hydrogens (tertiary/aromatic N) is 1. The molecular weight excluding hydrogens is 206 g/mol. The highest BCUT2D eigenvalue weighted by molar-refractivity contribution is 7.99. The molecule has 0 aromatic heterocycles. The first-order valence-electron chi connectivity index (χ1n) is 5.20. The smallest absolute Gasteiger partial charge is 0.180 e. The van der Waals surface area contributed by atoms with Crippen LogP contribution in [0, 0.1) is 0 Å². The fourth-order valence-electron chi connectivity index (χ4n) is 1.53. The van der Waals surface area contributed by atoms with E-state index in [1.54, 1.807) is 0 Å². The number of ether oxygens (including phenoxy) is 1. The summed E-state index contributed by atoms with van der Waals surface area (Å²) in [5.41, 5.74) is 0. The molecule has 1 aromatic carbocycles. The minimum absolute atomic E-state index is 0.327. The van der Waals surface area contributed by atoms with Crippen molar-refractivity contribution in [2.75, 3.05) is 12.3 Å². The summed E-state index contributed by atoms with van der Waals surface area (Å²) in [6.45, 7) is 2.84. The van der Waals surface area contributed by atoms with Gasteiger partial charge in [-0.3, -0.25) is 4.99 Å². The van der Waals surface area contributed by atoms with Gasteiger partial charge in [0.2, 0.25) is 0 Å². The van der Waals surface area contributed by atoms with Crippen molar-refractivity contribution in [2.24, 2.45) is 4.99 Å². The molecule has 0 amide bonds. The van der Waals surface area contributed by atoms with Crippen molar-refractivity contribution >= 4 is 17.7 Å². The van der Waals surface area contributed by atoms with Gasteiger partial charge in [-0.2, -0.15) is 0 Å². The van der Waals surface area contributed by atoms with Crippen LogP contribution in [-0.4, -0.2) is 24.3 Å². The van der Waals surface area contributed by atoms with E-state index in [-0.39, 0.29) is 0 Å². The average Bonchev–Trinajstić information content (AvgIpc) is 2.28. The lowest BCUT2D eigenvalue weighted by molar-refractivity contribution is 0.188. The van der Waals surface area contributed by atoms with Crippen LogP contribution in [0.5, 0.6) is 0 Å². The van der Waals surface area contributed by atoms with Gasteiger partial charge in [0.15, 0.2) is 5.90 Å². The summed E-state index contributed by atoms with van der Waals surface area (Å²) in [5.74, 6) is 1.84. The zero-order valence-corrected chi connectivity index (χ0v) is 9.67. The van der Waals surface area contributed by atoms with E-state index in [4.69, 9.17) is 4.74 Å². The van der Waals surface area contributed by atoms with Gasteiger partial charge in [-0.1, -0.05) is 18.2 Å². The standard InChI is InChI=1S/C12H15NOS/c1-10-13-8-7-11(14-10)9-15-12-5-3-2-4-6-12/h2-6,11H,7-9H2,1H3. The molecule has 1 aliphatic heterocycles. The van der Waals surface area contributed by atoms with E-state index < -0.39 is 0 Å². The van der Waals surface area contributed by atoms with E-state index in [1.165, 1.54) is 4.90 Å². The zero-order chi connectivity index (χ0) is 10.5. The molecule has 1 atom stereocenters. The summed E-state index contributed by atoms with van der Waals surface area (Å²) in [7, 11) is 0. The Kier molecular flexibility index (Phi) is 3.67. The summed E-state index contributed by atoms with van der Waals surface area (Å²) in [5, 5.41) is 0. The Morgan fingerprint density at radius 3 is 2.93 bits per heavy atom. The Morgan fingerprint density at radius 1 is 1.40 bits per heavy atom.